The second kappa shape index (κ2) is 8.06. The molecule has 0 aliphatic heterocycles. The molecule has 0 aliphatic carbocycles. The van der Waals surface area contributed by atoms with Crippen molar-refractivity contribution in [3.63, 3.8) is 0 Å². The van der Waals surface area contributed by atoms with Crippen molar-refractivity contribution >= 4 is 43.3 Å². The first-order chi connectivity index (χ1) is 14.0. The number of anilines is 1. The zero-order valence-electron chi connectivity index (χ0n) is 15.3. The third-order valence-corrected chi connectivity index (χ3v) is 6.61. The van der Waals surface area contributed by atoms with Crippen LogP contribution in [0.25, 0.3) is 10.9 Å². The van der Waals surface area contributed by atoms with Gasteiger partial charge in [0.15, 0.2) is 5.13 Å². The second-order valence-electron chi connectivity index (χ2n) is 6.32. The first-order valence-corrected chi connectivity index (χ1v) is 11.3. The molecule has 3 N–H and O–H groups in total. The highest BCUT2D eigenvalue weighted by Gasteiger charge is 2.17. The van der Waals surface area contributed by atoms with Gasteiger partial charge in [-0.1, -0.05) is 36.4 Å². The number of thiazole rings is 1. The average Bonchev–Trinajstić information content (AvgIpc) is 3.36. The number of nitrogens with zero attached hydrogens (tertiary/aromatic N) is 1. The summed E-state index contributed by atoms with van der Waals surface area (Å²) in [7, 11) is -3.73. The van der Waals surface area contributed by atoms with Gasteiger partial charge in [-0.15, -0.1) is 11.3 Å². The van der Waals surface area contributed by atoms with Gasteiger partial charge in [-0.05, 0) is 30.2 Å². The number of aromatic nitrogens is 2. The predicted molar refractivity (Wildman–Crippen MR) is 114 cm³/mol. The highest BCUT2D eigenvalue weighted by Crippen LogP contribution is 2.20. The monoisotopic (exact) mass is 426 g/mol. The summed E-state index contributed by atoms with van der Waals surface area (Å²) in [5.41, 5.74) is 2.36. The number of carbonyl (C=O) groups excluding carboxylic acids is 1. The van der Waals surface area contributed by atoms with E-state index in [0.717, 1.165) is 27.8 Å². The maximum Gasteiger partial charge on any atom is 0.270 e. The molecule has 0 radical (unpaired) electrons. The van der Waals surface area contributed by atoms with E-state index in [9.17, 15) is 13.2 Å². The summed E-state index contributed by atoms with van der Waals surface area (Å²) in [6, 6.07) is 16.0. The lowest BCUT2D eigenvalue weighted by Crippen LogP contribution is -2.26. The molecule has 0 saturated carbocycles. The summed E-state index contributed by atoms with van der Waals surface area (Å²) < 4.78 is 27.1. The van der Waals surface area contributed by atoms with E-state index in [2.05, 4.69) is 20.0 Å². The normalized spacial score (nSPS) is 11.4. The Morgan fingerprint density at radius 2 is 1.83 bits per heavy atom. The average molecular weight is 427 g/mol. The maximum absolute atomic E-state index is 12.3. The molecule has 9 heteroatoms. The van der Waals surface area contributed by atoms with Gasteiger partial charge >= 0.3 is 0 Å². The maximum atomic E-state index is 12.3. The molecular formula is C20H18N4O3S2. The number of sulfonamides is 1. The van der Waals surface area contributed by atoms with Gasteiger partial charge in [0.1, 0.15) is 5.69 Å². The van der Waals surface area contributed by atoms with Crippen molar-refractivity contribution < 1.29 is 13.2 Å². The lowest BCUT2D eigenvalue weighted by atomic mass is 10.1. The fourth-order valence-corrected chi connectivity index (χ4v) is 4.90. The Morgan fingerprint density at radius 3 is 2.66 bits per heavy atom. The number of benzene rings is 2. The van der Waals surface area contributed by atoms with Crippen molar-refractivity contribution in [3.05, 3.63) is 77.4 Å². The number of amides is 1. The van der Waals surface area contributed by atoms with Crippen molar-refractivity contribution in [1.29, 1.82) is 0 Å². The molecule has 2 aromatic heterocycles. The Labute approximate surface area is 171 Å². The molecule has 148 valence electrons. The molecule has 0 saturated heterocycles. The molecule has 0 fully saturated rings. The summed E-state index contributed by atoms with van der Waals surface area (Å²) in [5, 5.41) is 5.64. The van der Waals surface area contributed by atoms with Crippen molar-refractivity contribution in [2.24, 2.45) is 0 Å². The Hall–Kier alpha value is -3.17. The summed E-state index contributed by atoms with van der Waals surface area (Å²) in [5.74, 6) is -0.341. The number of rotatable bonds is 7. The first kappa shape index (κ1) is 19.2. The van der Waals surface area contributed by atoms with Crippen LogP contribution in [-0.2, 0) is 16.4 Å². The van der Waals surface area contributed by atoms with Crippen LogP contribution in [0.3, 0.4) is 0 Å². The largest absolute Gasteiger partial charge is 0.361 e. The van der Waals surface area contributed by atoms with Gasteiger partial charge in [0.2, 0.25) is 0 Å². The van der Waals surface area contributed by atoms with Crippen molar-refractivity contribution in [3.8, 4) is 0 Å². The molecule has 4 aromatic rings. The number of carbonyl (C=O) groups is 1. The van der Waals surface area contributed by atoms with Gasteiger partial charge < -0.3 is 10.3 Å². The fraction of sp³-hybridized carbons (Fsp3) is 0.100. The molecule has 0 atom stereocenters. The second-order valence-corrected chi connectivity index (χ2v) is 8.86. The molecule has 0 unspecified atom stereocenters. The van der Waals surface area contributed by atoms with Crippen LogP contribution in [-0.4, -0.2) is 30.8 Å². The Bertz CT molecular complexity index is 1250. The van der Waals surface area contributed by atoms with Crippen molar-refractivity contribution in [2.45, 2.75) is 11.3 Å². The van der Waals surface area contributed by atoms with E-state index < -0.39 is 10.0 Å². The summed E-state index contributed by atoms with van der Waals surface area (Å²) in [6.07, 6.45) is 2.61. The van der Waals surface area contributed by atoms with Crippen LogP contribution < -0.4 is 10.0 Å². The third kappa shape index (κ3) is 4.30. The number of hydrogen-bond acceptors (Lipinski definition) is 5. The van der Waals surface area contributed by atoms with E-state index in [1.807, 2.05) is 30.5 Å². The standard InChI is InChI=1S/C20H18N4O3S2/c25-19(21-11-10-14-12-22-17-9-5-4-8-16(14)17)18-13-28-20(23-18)24-29(26,27)15-6-2-1-3-7-15/h1-9,12-13,22H,10-11H2,(H,21,25)(H,23,24). The van der Waals surface area contributed by atoms with E-state index in [4.69, 9.17) is 0 Å². The molecule has 4 rings (SSSR count). The van der Waals surface area contributed by atoms with Crippen LogP contribution >= 0.6 is 11.3 Å². The van der Waals surface area contributed by atoms with Gasteiger partial charge in [-0.3, -0.25) is 9.52 Å². The lowest BCUT2D eigenvalue weighted by Gasteiger charge is -2.04. The van der Waals surface area contributed by atoms with E-state index in [-0.39, 0.29) is 21.6 Å². The minimum absolute atomic E-state index is 0.139. The molecule has 1 amide bonds. The van der Waals surface area contributed by atoms with Crippen molar-refractivity contribution in [1.82, 2.24) is 15.3 Å². The number of nitrogens with one attached hydrogen (secondary N) is 3. The van der Waals surface area contributed by atoms with E-state index in [0.29, 0.717) is 13.0 Å². The van der Waals surface area contributed by atoms with Gasteiger partial charge in [0, 0.05) is 29.0 Å². The number of aromatic amines is 1. The number of para-hydroxylation sites is 1. The summed E-state index contributed by atoms with van der Waals surface area (Å²) in [6.45, 7) is 0.448. The summed E-state index contributed by atoms with van der Waals surface area (Å²) in [4.78, 5) is 19.8. The zero-order chi connectivity index (χ0) is 20.3. The van der Waals surface area contributed by atoms with Gasteiger partial charge in [0.05, 0.1) is 4.90 Å². The third-order valence-electron chi connectivity index (χ3n) is 4.37. The molecule has 29 heavy (non-hydrogen) atoms. The summed E-state index contributed by atoms with van der Waals surface area (Å²) >= 11 is 1.07. The topological polar surface area (TPSA) is 104 Å². The number of fused-ring (bicyclic) bond motifs is 1. The Kier molecular flexibility index (Phi) is 5.32. The lowest BCUT2D eigenvalue weighted by molar-refractivity contribution is 0.0950. The first-order valence-electron chi connectivity index (χ1n) is 8.89. The molecule has 7 nitrogen and oxygen atoms in total. The predicted octanol–water partition coefficient (Wildman–Crippen LogP) is 3.40. The molecule has 2 aromatic carbocycles. The molecule has 2 heterocycles. The van der Waals surface area contributed by atoms with E-state index >= 15 is 0 Å². The van der Waals surface area contributed by atoms with Crippen molar-refractivity contribution in [2.75, 3.05) is 11.3 Å². The minimum Gasteiger partial charge on any atom is -0.361 e. The smallest absolute Gasteiger partial charge is 0.270 e. The van der Waals surface area contributed by atoms with Gasteiger partial charge in [-0.25, -0.2) is 13.4 Å². The van der Waals surface area contributed by atoms with E-state index in [1.54, 1.807) is 18.2 Å². The van der Waals surface area contributed by atoms with Crippen LogP contribution in [0.4, 0.5) is 5.13 Å². The highest BCUT2D eigenvalue weighted by atomic mass is 32.2. The van der Waals surface area contributed by atoms with Gasteiger partial charge in [-0.2, -0.15) is 0 Å². The minimum atomic E-state index is -3.73. The molecule has 0 aliphatic rings. The Balaban J connectivity index is 1.36. The van der Waals surface area contributed by atoms with Crippen LogP contribution in [0, 0.1) is 0 Å². The zero-order valence-corrected chi connectivity index (χ0v) is 16.9. The number of H-pyrrole nitrogens is 1. The molecular weight excluding hydrogens is 408 g/mol. The quantitative estimate of drug-likeness (QED) is 0.421. The van der Waals surface area contributed by atoms with Crippen LogP contribution in [0.1, 0.15) is 16.1 Å². The highest BCUT2D eigenvalue weighted by molar-refractivity contribution is 7.93. The van der Waals surface area contributed by atoms with Crippen LogP contribution in [0.15, 0.2) is 71.1 Å². The molecule has 0 spiro atoms. The fourth-order valence-electron chi connectivity index (χ4n) is 2.94. The van der Waals surface area contributed by atoms with Crippen LogP contribution in [0.5, 0.6) is 0 Å². The molecule has 0 bridgehead atoms. The number of hydrogen-bond donors (Lipinski definition) is 3. The van der Waals surface area contributed by atoms with Crippen LogP contribution in [0.2, 0.25) is 0 Å². The Morgan fingerprint density at radius 1 is 1.07 bits per heavy atom. The van der Waals surface area contributed by atoms with Gasteiger partial charge in [0.25, 0.3) is 15.9 Å². The SMILES string of the molecule is O=C(NCCc1c[nH]c2ccccc12)c1csc(NS(=O)(=O)c2ccccc2)n1. The van der Waals surface area contributed by atoms with E-state index in [1.165, 1.54) is 17.5 Å².